The number of aliphatic imine (C=N–C) groups is 15. The molecule has 0 aromatic heterocycles. The highest BCUT2D eigenvalue weighted by molar-refractivity contribution is 6.04. The van der Waals surface area contributed by atoms with Gasteiger partial charge in [-0.3, -0.25) is 70.5 Å². The molecule has 14 N–H and O–H groups in total. The molecule has 3 saturated heterocycles. The summed E-state index contributed by atoms with van der Waals surface area (Å²) in [6, 6.07) is 0. The van der Waals surface area contributed by atoms with Crippen molar-refractivity contribution >= 4 is 95.4 Å². The van der Waals surface area contributed by atoms with Crippen LogP contribution in [-0.2, 0) is 0 Å². The third kappa shape index (κ3) is 28.3. The Morgan fingerprint density at radius 1 is 0.378 bits per heavy atom. The Kier molecular flexibility index (Phi) is 36.6. The predicted molar refractivity (Wildman–Crippen MR) is 410 cm³/mol. The van der Waals surface area contributed by atoms with Gasteiger partial charge in [0, 0.05) is 183 Å². The van der Waals surface area contributed by atoms with Gasteiger partial charge in [0.25, 0.3) is 0 Å². The molecule has 8 rings (SSSR count). The molecule has 0 aromatic rings. The fourth-order valence-electron chi connectivity index (χ4n) is 8.71. The van der Waals surface area contributed by atoms with E-state index in [-0.39, 0.29) is 49.3 Å². The number of nitrogens with zero attached hydrogens (tertiary/aromatic N) is 27. The van der Waals surface area contributed by atoms with E-state index in [0.29, 0.717) is 11.9 Å². The maximum atomic E-state index is 7.45. The van der Waals surface area contributed by atoms with E-state index >= 15 is 0 Å². The summed E-state index contributed by atoms with van der Waals surface area (Å²) in [5, 5.41) is 41.2. The second kappa shape index (κ2) is 41.8. The number of nitrogens with two attached hydrogens (primary N) is 1. The molecular weight excluding hydrogens is 1260 g/mol. The van der Waals surface area contributed by atoms with Gasteiger partial charge in [0.05, 0.1) is 18.5 Å². The molecule has 3 fully saturated rings. The lowest BCUT2D eigenvalue weighted by Gasteiger charge is -2.34. The second-order valence-electron chi connectivity index (χ2n) is 23.8. The lowest BCUT2D eigenvalue weighted by Crippen LogP contribution is -2.62. The van der Waals surface area contributed by atoms with Gasteiger partial charge < -0.3 is 87.9 Å². The summed E-state index contributed by atoms with van der Waals surface area (Å²) in [7, 11) is 49.1. The van der Waals surface area contributed by atoms with E-state index in [4.69, 9.17) is 11.1 Å². The van der Waals surface area contributed by atoms with Crippen LogP contribution >= 0.6 is 0 Å². The Balaban J connectivity index is 0.000000561. The summed E-state index contributed by atoms with van der Waals surface area (Å²) in [4.78, 5) is 86.0. The molecule has 0 aliphatic carbocycles. The Morgan fingerprint density at radius 3 is 1.12 bits per heavy atom. The van der Waals surface area contributed by atoms with Crippen LogP contribution in [0.2, 0.25) is 0 Å². The van der Waals surface area contributed by atoms with Crippen LogP contribution in [0, 0.1) is 5.41 Å². The van der Waals surface area contributed by atoms with Crippen LogP contribution in [0.5, 0.6) is 0 Å². The standard InChI is InChI=1S/C9H19N5.2C8H17N5.3C7H15N5.2C6H13N5/c1-7-10-8(12(2)3)14(6)9(11-7)13(4)5;1-6-9-7(12(2)3)11-8(10-6)13(4)5;1-6-10-7(9-2)13(5)8(11-6)12(3)4;1-5-9-6(8)12(4)7(10-5)11(2)3;1-5-9-6(8-2)11-7(10-5)12(3)4;1-5-10-6(8-2)12(4)7(9-3)11-5;1-4-9-5(7)11(3)6(8-2)10-4;1-4-9-5(7-2)11-6(8-3)10-4/h7H,1-6H3;6H,1-5H3,(H,9,10,11);6H,1-5H3,(H,9,10);5H,1-4H3,(H2,8,9);5H,1-4H3,(H2,8,9,10,11);5H,1-4H3,(H,8,10)(H,9,11);4H,1-3H3,(H2,7,9)(H,8,10);4H,1-3H3,(H3,7,8,9,10,11). The van der Waals surface area contributed by atoms with Crippen LogP contribution in [0.15, 0.2) is 74.9 Å². The van der Waals surface area contributed by atoms with E-state index in [1.54, 1.807) is 59.1 Å². The number of nitrogens with one attached hydrogen (secondary N) is 12. The Bertz CT molecular complexity index is 2900. The van der Waals surface area contributed by atoms with Crippen molar-refractivity contribution in [3.63, 3.8) is 0 Å². The lowest BCUT2D eigenvalue weighted by atomic mass is 10.4. The minimum absolute atomic E-state index is 0.000926. The quantitative estimate of drug-likeness (QED) is 0.112. The summed E-state index contributed by atoms with van der Waals surface area (Å²) in [5.41, 5.74) is 5.67. The van der Waals surface area contributed by atoms with Gasteiger partial charge in [-0.2, -0.15) is 4.99 Å². The van der Waals surface area contributed by atoms with Crippen LogP contribution in [-0.4, -0.2) is 387 Å². The summed E-state index contributed by atoms with van der Waals surface area (Å²) >= 11 is 0. The molecule has 0 saturated carbocycles. The van der Waals surface area contributed by atoms with Crippen molar-refractivity contribution in [2.24, 2.45) is 80.6 Å². The van der Waals surface area contributed by atoms with Crippen molar-refractivity contribution in [3.8, 4) is 0 Å². The Morgan fingerprint density at radius 2 is 0.735 bits per heavy atom. The zero-order chi connectivity index (χ0) is 75.2. The van der Waals surface area contributed by atoms with Gasteiger partial charge in [-0.15, -0.1) is 0 Å². The SMILES string of the molecule is CC1N=C(N(C)C)N(C)C(N(C)C)=N1.CC1N=C(N(C)C)NC(N(C)C)=N1.CC1N=C(N)N(C)C(N(C)C)=N1.CN=C1NC(=NC)NC(C)N1.CN=C1NC(C)N=C(N(C)C)N1C.CN=C1NC(C)NC(=N)N1C.CN=C1NC(C)NC(=NC)N1C.CNC1=NC(N(C)C)=NC(C)N1. The molecule has 4 unspecified atom stereocenters. The Hall–Kier alpha value is -10.1. The first-order chi connectivity index (χ1) is 45.7. The van der Waals surface area contributed by atoms with Gasteiger partial charge in [-0.05, 0) is 55.4 Å². The van der Waals surface area contributed by atoms with Crippen LogP contribution in [0.1, 0.15) is 55.4 Å². The number of hydrogen-bond acceptors (Lipinski definition) is 29. The number of rotatable bonds is 0. The molecule has 4 atom stereocenters. The highest BCUT2D eigenvalue weighted by Gasteiger charge is 2.26. The molecule has 0 bridgehead atoms. The molecule has 0 spiro atoms. The first kappa shape index (κ1) is 85.9. The van der Waals surface area contributed by atoms with E-state index in [9.17, 15) is 0 Å². The molecule has 40 heteroatoms. The predicted octanol–water partition coefficient (Wildman–Crippen LogP) is -3.51. The zero-order valence-electron chi connectivity index (χ0n) is 65.3. The second-order valence-corrected chi connectivity index (χ2v) is 23.8. The van der Waals surface area contributed by atoms with Crippen molar-refractivity contribution in [2.45, 2.75) is 105 Å². The summed E-state index contributed by atoms with van der Waals surface area (Å²) in [6.45, 7) is 15.8. The molecule has 8 heterocycles. The number of hydrogen-bond donors (Lipinski definition) is 13. The highest BCUT2D eigenvalue weighted by Crippen LogP contribution is 2.10. The molecule has 98 heavy (non-hydrogen) atoms. The molecule has 0 radical (unpaired) electrons. The molecule has 40 nitrogen and oxygen atoms in total. The van der Waals surface area contributed by atoms with E-state index in [2.05, 4.69) is 133 Å². The third-order valence-corrected chi connectivity index (χ3v) is 13.4. The Labute approximate surface area is 584 Å². The van der Waals surface area contributed by atoms with Gasteiger partial charge in [0.15, 0.2) is 23.8 Å². The van der Waals surface area contributed by atoms with Crippen LogP contribution in [0.3, 0.4) is 0 Å². The maximum Gasteiger partial charge on any atom is 0.225 e. The van der Waals surface area contributed by atoms with Gasteiger partial charge >= 0.3 is 0 Å². The van der Waals surface area contributed by atoms with Crippen LogP contribution in [0.25, 0.3) is 0 Å². The van der Waals surface area contributed by atoms with Crippen LogP contribution < -0.4 is 64.2 Å². The van der Waals surface area contributed by atoms with Crippen molar-refractivity contribution in [1.29, 1.82) is 5.41 Å². The topological polar surface area (TPSA) is 406 Å². The van der Waals surface area contributed by atoms with Gasteiger partial charge in [-0.1, -0.05) is 0 Å². The fourth-order valence-corrected chi connectivity index (χ4v) is 8.71. The molecule has 0 aromatic carbocycles. The lowest BCUT2D eigenvalue weighted by molar-refractivity contribution is 0.447. The maximum absolute atomic E-state index is 7.45. The first-order valence-electron chi connectivity index (χ1n) is 31.8. The summed E-state index contributed by atoms with van der Waals surface area (Å²) in [6.07, 6.45) is 0.537. The molecule has 8 aliphatic rings. The molecule has 8 aliphatic heterocycles. The minimum Gasteiger partial charge on any atom is -0.369 e. The molecule has 0 amide bonds. The monoisotopic (exact) mass is 1380 g/mol. The third-order valence-electron chi connectivity index (χ3n) is 13.4. The summed E-state index contributed by atoms with van der Waals surface area (Å²) in [5.74, 6) is 12.5. The van der Waals surface area contributed by atoms with Crippen molar-refractivity contribution in [3.05, 3.63) is 0 Å². The van der Waals surface area contributed by atoms with Gasteiger partial charge in [0.1, 0.15) is 30.8 Å². The largest absolute Gasteiger partial charge is 0.369 e. The van der Waals surface area contributed by atoms with E-state index in [0.717, 1.165) is 83.4 Å². The van der Waals surface area contributed by atoms with Gasteiger partial charge in [0.2, 0.25) is 71.5 Å². The highest BCUT2D eigenvalue weighted by atomic mass is 15.5. The molecule has 556 valence electrons. The molecular formula is C58H124N40. The smallest absolute Gasteiger partial charge is 0.225 e. The van der Waals surface area contributed by atoms with Crippen molar-refractivity contribution < 1.29 is 0 Å². The first-order valence-corrected chi connectivity index (χ1v) is 31.8. The van der Waals surface area contributed by atoms with E-state index < -0.39 is 0 Å². The zero-order valence-corrected chi connectivity index (χ0v) is 65.3. The average Bonchev–Trinajstić information content (AvgIpc) is 0.863. The summed E-state index contributed by atoms with van der Waals surface area (Å²) < 4.78 is 0. The minimum atomic E-state index is -0.0707. The van der Waals surface area contributed by atoms with Crippen LogP contribution in [0.4, 0.5) is 0 Å². The van der Waals surface area contributed by atoms with E-state index in [1.807, 2.05) is 238 Å². The van der Waals surface area contributed by atoms with Crippen molar-refractivity contribution in [1.82, 2.24) is 117 Å². The normalized spacial score (nSPS) is 24.2. The fraction of sp³-hybridized carbons (Fsp3) is 0.724. The van der Waals surface area contributed by atoms with Crippen molar-refractivity contribution in [2.75, 3.05) is 183 Å². The van der Waals surface area contributed by atoms with E-state index in [1.165, 1.54) is 0 Å². The van der Waals surface area contributed by atoms with Gasteiger partial charge in [-0.25, -0.2) is 39.9 Å². The average molecular weight is 1380 g/mol. The number of guanidine groups is 16.